The summed E-state index contributed by atoms with van der Waals surface area (Å²) in [6, 6.07) is 15.2. The first-order chi connectivity index (χ1) is 7.16. The Balaban J connectivity index is 2.49. The molecule has 0 saturated heterocycles. The van der Waals surface area contributed by atoms with Gasteiger partial charge in [-0.15, -0.1) is 0 Å². The molecule has 0 fully saturated rings. The average Bonchev–Trinajstić information content (AvgIpc) is 2.20. The summed E-state index contributed by atoms with van der Waals surface area (Å²) >= 11 is 4.72. The molecule has 2 rings (SSSR count). The Morgan fingerprint density at radius 2 is 1.53 bits per heavy atom. The van der Waals surface area contributed by atoms with Crippen molar-refractivity contribution in [2.75, 3.05) is 0 Å². The molecule has 0 aliphatic carbocycles. The number of rotatable bonds is 1. The fourth-order valence-electron chi connectivity index (χ4n) is 1.48. The van der Waals surface area contributed by atoms with Gasteiger partial charge in [0.25, 0.3) is 0 Å². The van der Waals surface area contributed by atoms with Crippen molar-refractivity contribution in [2.45, 2.75) is 6.92 Å². The van der Waals surface area contributed by atoms with Crippen LogP contribution in [-0.2, 0) is 0 Å². The van der Waals surface area contributed by atoms with E-state index in [1.165, 1.54) is 23.8 Å². The van der Waals surface area contributed by atoms with Crippen molar-refractivity contribution in [1.82, 2.24) is 0 Å². The van der Waals surface area contributed by atoms with Crippen LogP contribution in [0.2, 0.25) is 0 Å². The number of halogens is 2. The van der Waals surface area contributed by atoms with Crippen molar-refractivity contribution >= 4 is 45.2 Å². The Morgan fingerprint density at radius 3 is 2.13 bits per heavy atom. The highest BCUT2D eigenvalue weighted by molar-refractivity contribution is 14.1. The van der Waals surface area contributed by atoms with Crippen LogP contribution in [0.15, 0.2) is 42.5 Å². The molecule has 0 heterocycles. The van der Waals surface area contributed by atoms with E-state index in [1.807, 2.05) is 0 Å². The van der Waals surface area contributed by atoms with E-state index in [4.69, 9.17) is 0 Å². The molecule has 2 aromatic rings. The first-order valence-corrected chi connectivity index (χ1v) is 6.84. The van der Waals surface area contributed by atoms with Crippen LogP contribution < -0.4 is 0 Å². The molecule has 2 aromatic carbocycles. The van der Waals surface area contributed by atoms with Gasteiger partial charge in [-0.3, -0.25) is 0 Å². The zero-order valence-electron chi connectivity index (χ0n) is 8.30. The van der Waals surface area contributed by atoms with Crippen LogP contribution in [0.5, 0.6) is 0 Å². The number of benzene rings is 2. The van der Waals surface area contributed by atoms with E-state index in [-0.39, 0.29) is 0 Å². The van der Waals surface area contributed by atoms with Gasteiger partial charge >= 0.3 is 0 Å². The second-order valence-corrected chi connectivity index (χ2v) is 5.90. The highest BCUT2D eigenvalue weighted by atomic mass is 127. The van der Waals surface area contributed by atoms with Gasteiger partial charge < -0.3 is 0 Å². The van der Waals surface area contributed by atoms with Crippen LogP contribution in [-0.4, -0.2) is 0 Å². The van der Waals surface area contributed by atoms with Crippen LogP contribution >= 0.6 is 45.2 Å². The zero-order chi connectivity index (χ0) is 10.8. The molecular weight excluding hydrogens is 410 g/mol. The lowest BCUT2D eigenvalue weighted by molar-refractivity contribution is 1.44. The highest BCUT2D eigenvalue weighted by Crippen LogP contribution is 2.26. The van der Waals surface area contributed by atoms with Crippen LogP contribution in [0.3, 0.4) is 0 Å². The van der Waals surface area contributed by atoms with Crippen molar-refractivity contribution in [3.63, 3.8) is 0 Å². The maximum absolute atomic E-state index is 2.40. The van der Waals surface area contributed by atoms with Crippen LogP contribution in [0.1, 0.15) is 5.56 Å². The first kappa shape index (κ1) is 11.4. The summed E-state index contributed by atoms with van der Waals surface area (Å²) in [7, 11) is 0. The molecule has 15 heavy (non-hydrogen) atoms. The topological polar surface area (TPSA) is 0 Å². The molecule has 0 aliphatic rings. The minimum Gasteiger partial charge on any atom is -0.0586 e. The number of hydrogen-bond donors (Lipinski definition) is 0. The molecule has 76 valence electrons. The van der Waals surface area contributed by atoms with Gasteiger partial charge in [-0.2, -0.15) is 0 Å². The summed E-state index contributed by atoms with van der Waals surface area (Å²) in [5, 5.41) is 0. The van der Waals surface area contributed by atoms with Gasteiger partial charge in [0.05, 0.1) is 0 Å². The molecule has 0 aromatic heterocycles. The third-order valence-corrected chi connectivity index (χ3v) is 3.89. The Hall–Kier alpha value is -0.100. The second kappa shape index (κ2) is 4.82. The van der Waals surface area contributed by atoms with Gasteiger partial charge in [0.1, 0.15) is 0 Å². The van der Waals surface area contributed by atoms with Crippen molar-refractivity contribution in [3.05, 3.63) is 55.2 Å². The number of aryl methyl sites for hydroxylation is 1. The maximum atomic E-state index is 2.40. The van der Waals surface area contributed by atoms with Gasteiger partial charge in [-0.1, -0.05) is 29.8 Å². The molecule has 2 heteroatoms. The fourth-order valence-corrected chi connectivity index (χ4v) is 2.83. The third kappa shape index (κ3) is 2.72. The highest BCUT2D eigenvalue weighted by Gasteiger charge is 2.02. The van der Waals surface area contributed by atoms with E-state index in [2.05, 4.69) is 94.6 Å². The monoisotopic (exact) mass is 420 g/mol. The molecular formula is C13H10I2. The van der Waals surface area contributed by atoms with Crippen LogP contribution in [0.4, 0.5) is 0 Å². The second-order valence-electron chi connectivity index (χ2n) is 3.49. The van der Waals surface area contributed by atoms with E-state index in [0.717, 1.165) is 0 Å². The molecule has 0 radical (unpaired) electrons. The zero-order valence-corrected chi connectivity index (χ0v) is 12.6. The van der Waals surface area contributed by atoms with Gasteiger partial charge in [0, 0.05) is 7.14 Å². The molecule has 0 saturated carbocycles. The van der Waals surface area contributed by atoms with Gasteiger partial charge in [-0.25, -0.2) is 0 Å². The largest absolute Gasteiger partial charge is 0.0586 e. The summed E-state index contributed by atoms with van der Waals surface area (Å²) in [6.45, 7) is 2.12. The summed E-state index contributed by atoms with van der Waals surface area (Å²) in [4.78, 5) is 0. The Labute approximate surface area is 117 Å². The van der Waals surface area contributed by atoms with Crippen molar-refractivity contribution in [3.8, 4) is 11.1 Å². The van der Waals surface area contributed by atoms with E-state index in [9.17, 15) is 0 Å². The van der Waals surface area contributed by atoms with Gasteiger partial charge in [0.15, 0.2) is 0 Å². The summed E-state index contributed by atoms with van der Waals surface area (Å²) in [5.74, 6) is 0. The van der Waals surface area contributed by atoms with Crippen molar-refractivity contribution in [2.24, 2.45) is 0 Å². The van der Waals surface area contributed by atoms with Crippen molar-refractivity contribution < 1.29 is 0 Å². The Morgan fingerprint density at radius 1 is 0.867 bits per heavy atom. The van der Waals surface area contributed by atoms with Crippen LogP contribution in [0, 0.1) is 14.1 Å². The summed E-state index contributed by atoms with van der Waals surface area (Å²) in [5.41, 5.74) is 3.92. The first-order valence-electron chi connectivity index (χ1n) is 4.69. The Kier molecular flexibility index (Phi) is 3.66. The van der Waals surface area contributed by atoms with Gasteiger partial charge in [-0.05, 0) is 81.4 Å². The molecule has 0 N–H and O–H groups in total. The van der Waals surface area contributed by atoms with E-state index < -0.39 is 0 Å². The smallest absolute Gasteiger partial charge is 0.0211 e. The lowest BCUT2D eigenvalue weighted by Crippen LogP contribution is -1.84. The average molecular weight is 420 g/mol. The lowest BCUT2D eigenvalue weighted by atomic mass is 10.0. The molecule has 0 spiro atoms. The Bertz CT molecular complexity index is 472. The fraction of sp³-hybridized carbons (Fsp3) is 0.0769. The SMILES string of the molecule is Cc1ccc(-c2ccc(I)cc2)c(I)c1. The maximum Gasteiger partial charge on any atom is 0.0211 e. The number of hydrogen-bond acceptors (Lipinski definition) is 0. The predicted octanol–water partition coefficient (Wildman–Crippen LogP) is 4.87. The summed E-state index contributed by atoms with van der Waals surface area (Å²) in [6.07, 6.45) is 0. The quantitative estimate of drug-likeness (QED) is 0.578. The molecule has 0 nitrogen and oxygen atoms in total. The lowest BCUT2D eigenvalue weighted by Gasteiger charge is -2.05. The normalized spacial score (nSPS) is 10.3. The molecule has 0 unspecified atom stereocenters. The van der Waals surface area contributed by atoms with Crippen LogP contribution in [0.25, 0.3) is 11.1 Å². The minimum absolute atomic E-state index is 1.28. The molecule has 0 bridgehead atoms. The molecule has 0 atom stereocenters. The van der Waals surface area contributed by atoms with E-state index >= 15 is 0 Å². The van der Waals surface area contributed by atoms with E-state index in [0.29, 0.717) is 0 Å². The third-order valence-electron chi connectivity index (χ3n) is 2.28. The van der Waals surface area contributed by atoms with Gasteiger partial charge in [0.2, 0.25) is 0 Å². The molecule has 0 amide bonds. The molecule has 0 aliphatic heterocycles. The predicted molar refractivity (Wildman–Crippen MR) is 82.0 cm³/mol. The standard InChI is InChI=1S/C13H10I2/c1-9-2-7-12(13(15)8-9)10-3-5-11(14)6-4-10/h2-8H,1H3. The minimum atomic E-state index is 1.28. The summed E-state index contributed by atoms with van der Waals surface area (Å²) < 4.78 is 2.59. The van der Waals surface area contributed by atoms with E-state index in [1.54, 1.807) is 0 Å². The van der Waals surface area contributed by atoms with Crippen molar-refractivity contribution in [1.29, 1.82) is 0 Å².